The van der Waals surface area contributed by atoms with Gasteiger partial charge in [-0.1, -0.05) is 6.92 Å². The summed E-state index contributed by atoms with van der Waals surface area (Å²) >= 11 is 0. The maximum absolute atomic E-state index is 12.1. The summed E-state index contributed by atoms with van der Waals surface area (Å²) in [5, 5.41) is 6.27. The van der Waals surface area contributed by atoms with Crippen LogP contribution >= 0.6 is 0 Å². The lowest BCUT2D eigenvalue weighted by molar-refractivity contribution is -0.123. The number of benzene rings is 1. The summed E-state index contributed by atoms with van der Waals surface area (Å²) in [5.74, 6) is 0.0218. The lowest BCUT2D eigenvalue weighted by atomic mass is 10.0. The standard InChI is InChI=1S/C16H27N3O/c1-7-16(3,4)18-15(20)12(2)17-13-8-10-14(11-9-13)19(5)6/h8-12,17H,7H2,1-6H3,(H,18,20). The van der Waals surface area contributed by atoms with E-state index in [1.54, 1.807) is 0 Å². The van der Waals surface area contributed by atoms with Gasteiger partial charge < -0.3 is 15.5 Å². The van der Waals surface area contributed by atoms with Crippen molar-refractivity contribution in [3.05, 3.63) is 24.3 Å². The number of hydrogen-bond donors (Lipinski definition) is 2. The molecule has 4 nitrogen and oxygen atoms in total. The molecule has 112 valence electrons. The van der Waals surface area contributed by atoms with Crippen LogP contribution in [0, 0.1) is 0 Å². The predicted molar refractivity (Wildman–Crippen MR) is 86.4 cm³/mol. The molecule has 2 N–H and O–H groups in total. The van der Waals surface area contributed by atoms with E-state index in [2.05, 4.69) is 17.6 Å². The number of nitrogens with zero attached hydrogens (tertiary/aromatic N) is 1. The third-order valence-electron chi connectivity index (χ3n) is 3.51. The van der Waals surface area contributed by atoms with E-state index < -0.39 is 0 Å². The van der Waals surface area contributed by atoms with Crippen molar-refractivity contribution >= 4 is 17.3 Å². The van der Waals surface area contributed by atoms with E-state index in [4.69, 9.17) is 0 Å². The fourth-order valence-corrected chi connectivity index (χ4v) is 1.70. The molecule has 1 aromatic rings. The summed E-state index contributed by atoms with van der Waals surface area (Å²) in [4.78, 5) is 14.2. The van der Waals surface area contributed by atoms with E-state index in [1.165, 1.54) is 0 Å². The van der Waals surface area contributed by atoms with Gasteiger partial charge in [-0.2, -0.15) is 0 Å². The molecule has 0 saturated heterocycles. The van der Waals surface area contributed by atoms with E-state index in [-0.39, 0.29) is 17.5 Å². The Morgan fingerprint density at radius 1 is 1.25 bits per heavy atom. The zero-order chi connectivity index (χ0) is 15.3. The van der Waals surface area contributed by atoms with Gasteiger partial charge in [-0.15, -0.1) is 0 Å². The lowest BCUT2D eigenvalue weighted by Crippen LogP contribution is -2.48. The van der Waals surface area contributed by atoms with Crippen molar-refractivity contribution in [2.24, 2.45) is 0 Å². The highest BCUT2D eigenvalue weighted by molar-refractivity contribution is 5.84. The fraction of sp³-hybridized carbons (Fsp3) is 0.562. The number of nitrogens with one attached hydrogen (secondary N) is 2. The maximum Gasteiger partial charge on any atom is 0.242 e. The minimum Gasteiger partial charge on any atom is -0.378 e. The molecular formula is C16H27N3O. The summed E-state index contributed by atoms with van der Waals surface area (Å²) in [6.07, 6.45) is 0.906. The second kappa shape index (κ2) is 6.64. The van der Waals surface area contributed by atoms with Crippen LogP contribution in [0.1, 0.15) is 34.1 Å². The zero-order valence-corrected chi connectivity index (χ0v) is 13.4. The zero-order valence-electron chi connectivity index (χ0n) is 13.4. The highest BCUT2D eigenvalue weighted by atomic mass is 16.2. The number of carbonyl (C=O) groups excluding carboxylic acids is 1. The van der Waals surface area contributed by atoms with Gasteiger partial charge in [0.15, 0.2) is 0 Å². The van der Waals surface area contributed by atoms with Gasteiger partial charge >= 0.3 is 0 Å². The smallest absolute Gasteiger partial charge is 0.242 e. The largest absolute Gasteiger partial charge is 0.378 e. The fourth-order valence-electron chi connectivity index (χ4n) is 1.70. The summed E-state index contributed by atoms with van der Waals surface area (Å²) in [6, 6.07) is 7.78. The molecule has 0 spiro atoms. The number of carbonyl (C=O) groups is 1. The van der Waals surface area contributed by atoms with Gasteiger partial charge in [0.25, 0.3) is 0 Å². The molecule has 0 saturated carbocycles. The first-order valence-electron chi connectivity index (χ1n) is 7.11. The maximum atomic E-state index is 12.1. The van der Waals surface area contributed by atoms with Crippen LogP contribution in [0.15, 0.2) is 24.3 Å². The van der Waals surface area contributed by atoms with Crippen molar-refractivity contribution in [2.45, 2.75) is 45.7 Å². The monoisotopic (exact) mass is 277 g/mol. The second-order valence-electron chi connectivity index (χ2n) is 6.03. The molecule has 1 aromatic carbocycles. The Morgan fingerprint density at radius 3 is 2.25 bits per heavy atom. The van der Waals surface area contributed by atoms with E-state index in [0.29, 0.717) is 0 Å². The Kier molecular flexibility index (Phi) is 5.43. The minimum absolute atomic E-state index is 0.0218. The molecule has 0 aromatic heterocycles. The Hall–Kier alpha value is -1.71. The molecule has 4 heteroatoms. The third kappa shape index (κ3) is 4.76. The summed E-state index contributed by atoms with van der Waals surface area (Å²) in [5.41, 5.74) is 1.93. The van der Waals surface area contributed by atoms with Gasteiger partial charge in [-0.05, 0) is 51.5 Å². The molecular weight excluding hydrogens is 250 g/mol. The predicted octanol–water partition coefficient (Wildman–Crippen LogP) is 2.86. The van der Waals surface area contributed by atoms with E-state index in [0.717, 1.165) is 17.8 Å². The van der Waals surface area contributed by atoms with Crippen LogP contribution in [0.25, 0.3) is 0 Å². The average Bonchev–Trinajstić information content (AvgIpc) is 2.38. The number of amides is 1. The molecule has 1 rings (SSSR count). The topological polar surface area (TPSA) is 44.4 Å². The molecule has 0 aliphatic heterocycles. The van der Waals surface area contributed by atoms with Crippen molar-refractivity contribution in [1.82, 2.24) is 5.32 Å². The van der Waals surface area contributed by atoms with Crippen molar-refractivity contribution in [3.8, 4) is 0 Å². The molecule has 0 radical (unpaired) electrons. The minimum atomic E-state index is -0.258. The van der Waals surface area contributed by atoms with E-state index in [1.807, 2.05) is 64.0 Å². The summed E-state index contributed by atoms with van der Waals surface area (Å²) in [7, 11) is 4.01. The van der Waals surface area contributed by atoms with Gasteiger partial charge in [0, 0.05) is 31.0 Å². The van der Waals surface area contributed by atoms with Crippen LogP contribution in [0.3, 0.4) is 0 Å². The molecule has 0 bridgehead atoms. The normalized spacial score (nSPS) is 12.7. The molecule has 0 fully saturated rings. The number of hydrogen-bond acceptors (Lipinski definition) is 3. The Labute approximate surface area is 122 Å². The molecule has 20 heavy (non-hydrogen) atoms. The van der Waals surface area contributed by atoms with Crippen LogP contribution < -0.4 is 15.5 Å². The van der Waals surface area contributed by atoms with E-state index in [9.17, 15) is 4.79 Å². The van der Waals surface area contributed by atoms with Gasteiger partial charge in [-0.25, -0.2) is 0 Å². The molecule has 1 unspecified atom stereocenters. The van der Waals surface area contributed by atoms with Gasteiger partial charge in [-0.3, -0.25) is 4.79 Å². The molecule has 0 aliphatic rings. The Balaban J connectivity index is 2.61. The first kappa shape index (κ1) is 16.3. The van der Waals surface area contributed by atoms with Crippen LogP contribution in [0.4, 0.5) is 11.4 Å². The Bertz CT molecular complexity index is 438. The van der Waals surface area contributed by atoms with Crippen LogP contribution in [-0.2, 0) is 4.79 Å². The van der Waals surface area contributed by atoms with Gasteiger partial charge in [0.05, 0.1) is 0 Å². The quantitative estimate of drug-likeness (QED) is 0.840. The summed E-state index contributed by atoms with van der Waals surface area (Å²) in [6.45, 7) is 8.01. The van der Waals surface area contributed by atoms with E-state index >= 15 is 0 Å². The molecule has 1 amide bonds. The first-order chi connectivity index (χ1) is 9.25. The van der Waals surface area contributed by atoms with Gasteiger partial charge in [0.2, 0.25) is 5.91 Å². The number of rotatable bonds is 6. The van der Waals surface area contributed by atoms with Crippen molar-refractivity contribution in [3.63, 3.8) is 0 Å². The lowest BCUT2D eigenvalue weighted by Gasteiger charge is -2.27. The van der Waals surface area contributed by atoms with Crippen molar-refractivity contribution in [1.29, 1.82) is 0 Å². The third-order valence-corrected chi connectivity index (χ3v) is 3.51. The SMILES string of the molecule is CCC(C)(C)NC(=O)C(C)Nc1ccc(N(C)C)cc1. The highest BCUT2D eigenvalue weighted by Gasteiger charge is 2.21. The van der Waals surface area contributed by atoms with Crippen molar-refractivity contribution < 1.29 is 4.79 Å². The first-order valence-corrected chi connectivity index (χ1v) is 7.11. The summed E-state index contributed by atoms with van der Waals surface area (Å²) < 4.78 is 0. The average molecular weight is 277 g/mol. The van der Waals surface area contributed by atoms with Gasteiger partial charge in [0.1, 0.15) is 6.04 Å². The van der Waals surface area contributed by atoms with Crippen LogP contribution in [-0.4, -0.2) is 31.6 Å². The second-order valence-corrected chi connectivity index (χ2v) is 6.03. The Morgan fingerprint density at radius 2 is 1.80 bits per heavy atom. The molecule has 0 aliphatic carbocycles. The van der Waals surface area contributed by atoms with Crippen LogP contribution in [0.2, 0.25) is 0 Å². The highest BCUT2D eigenvalue weighted by Crippen LogP contribution is 2.16. The molecule has 0 heterocycles. The van der Waals surface area contributed by atoms with Crippen molar-refractivity contribution in [2.75, 3.05) is 24.3 Å². The van der Waals surface area contributed by atoms with Crippen LogP contribution in [0.5, 0.6) is 0 Å². The number of anilines is 2. The molecule has 1 atom stereocenters.